The Hall–Kier alpha value is -2.90. The molecule has 0 saturated heterocycles. The van der Waals surface area contributed by atoms with Gasteiger partial charge < -0.3 is 10.1 Å². The number of halogens is 1. The number of aromatic nitrogens is 1. The summed E-state index contributed by atoms with van der Waals surface area (Å²) in [6, 6.07) is 11.4. The van der Waals surface area contributed by atoms with E-state index < -0.39 is 5.91 Å². The molecule has 0 atom stereocenters. The molecular formula is C18H14ClN3O3S. The number of carbonyl (C=O) groups excluding carboxylic acids is 2. The van der Waals surface area contributed by atoms with Crippen molar-refractivity contribution < 1.29 is 14.3 Å². The van der Waals surface area contributed by atoms with Gasteiger partial charge >= 0.3 is 0 Å². The summed E-state index contributed by atoms with van der Waals surface area (Å²) >= 11 is 7.23. The van der Waals surface area contributed by atoms with Crippen molar-refractivity contribution in [3.8, 4) is 5.75 Å². The van der Waals surface area contributed by atoms with Gasteiger partial charge in [0.05, 0.1) is 23.9 Å². The number of nitrogens with zero attached hydrogens (tertiary/aromatic N) is 1. The summed E-state index contributed by atoms with van der Waals surface area (Å²) in [6.07, 6.45) is 1.60. The summed E-state index contributed by atoms with van der Waals surface area (Å²) < 4.78 is 5.20. The number of methoxy groups -OCH3 is 1. The van der Waals surface area contributed by atoms with Crippen molar-refractivity contribution >= 4 is 45.6 Å². The lowest BCUT2D eigenvalue weighted by Gasteiger charge is -2.12. The van der Waals surface area contributed by atoms with E-state index in [1.54, 1.807) is 54.0 Å². The molecule has 0 aliphatic heterocycles. The SMILES string of the molecule is COc1cc(Cl)ccc1C(=O)Nc1ccccc1C(=O)Nc1nccs1. The number of rotatable bonds is 5. The molecule has 8 heteroatoms. The minimum absolute atomic E-state index is 0.312. The van der Waals surface area contributed by atoms with Gasteiger partial charge in [0, 0.05) is 16.6 Å². The van der Waals surface area contributed by atoms with Crippen molar-refractivity contribution in [2.45, 2.75) is 0 Å². The van der Waals surface area contributed by atoms with E-state index in [2.05, 4.69) is 15.6 Å². The maximum absolute atomic E-state index is 12.6. The summed E-state index contributed by atoms with van der Waals surface area (Å²) in [4.78, 5) is 29.1. The first-order valence-electron chi connectivity index (χ1n) is 7.53. The van der Waals surface area contributed by atoms with Crippen molar-refractivity contribution in [2.24, 2.45) is 0 Å². The molecule has 0 aliphatic carbocycles. The van der Waals surface area contributed by atoms with Crippen LogP contribution in [-0.4, -0.2) is 23.9 Å². The fourth-order valence-electron chi connectivity index (χ4n) is 2.28. The van der Waals surface area contributed by atoms with E-state index in [4.69, 9.17) is 16.3 Å². The number of nitrogens with one attached hydrogen (secondary N) is 2. The molecule has 2 aromatic carbocycles. The second-order valence-electron chi connectivity index (χ2n) is 5.14. The minimum atomic E-state index is -0.409. The van der Waals surface area contributed by atoms with Crippen LogP contribution in [-0.2, 0) is 0 Å². The van der Waals surface area contributed by atoms with Gasteiger partial charge in [0.1, 0.15) is 5.75 Å². The van der Waals surface area contributed by atoms with Crippen LogP contribution < -0.4 is 15.4 Å². The number of para-hydroxylation sites is 1. The molecule has 2 N–H and O–H groups in total. The average Bonchev–Trinajstić information content (AvgIpc) is 3.14. The van der Waals surface area contributed by atoms with E-state index in [9.17, 15) is 9.59 Å². The molecule has 26 heavy (non-hydrogen) atoms. The van der Waals surface area contributed by atoms with E-state index in [1.165, 1.54) is 18.4 Å². The van der Waals surface area contributed by atoms with Gasteiger partial charge in [0.2, 0.25) is 0 Å². The number of ether oxygens (including phenoxy) is 1. The first kappa shape index (κ1) is 17.9. The highest BCUT2D eigenvalue weighted by Crippen LogP contribution is 2.25. The number of carbonyl (C=O) groups is 2. The predicted octanol–water partition coefficient (Wildman–Crippen LogP) is 4.31. The zero-order valence-corrected chi connectivity index (χ0v) is 15.2. The topological polar surface area (TPSA) is 80.3 Å². The van der Waals surface area contributed by atoms with Crippen LogP contribution in [0.15, 0.2) is 54.0 Å². The van der Waals surface area contributed by atoms with Crippen LogP contribution in [0.3, 0.4) is 0 Å². The molecule has 1 heterocycles. The van der Waals surface area contributed by atoms with Gasteiger partial charge in [0.15, 0.2) is 5.13 Å². The number of anilines is 2. The van der Waals surface area contributed by atoms with Crippen LogP contribution >= 0.6 is 22.9 Å². The maximum Gasteiger partial charge on any atom is 0.259 e. The largest absolute Gasteiger partial charge is 0.496 e. The zero-order chi connectivity index (χ0) is 18.5. The summed E-state index contributed by atoms with van der Waals surface area (Å²) in [7, 11) is 1.46. The Morgan fingerprint density at radius 2 is 1.85 bits per heavy atom. The van der Waals surface area contributed by atoms with Gasteiger partial charge in [0.25, 0.3) is 11.8 Å². The molecule has 132 valence electrons. The quantitative estimate of drug-likeness (QED) is 0.683. The lowest BCUT2D eigenvalue weighted by Crippen LogP contribution is -2.18. The van der Waals surface area contributed by atoms with Gasteiger partial charge in [-0.2, -0.15) is 0 Å². The highest BCUT2D eigenvalue weighted by molar-refractivity contribution is 7.13. The molecule has 0 bridgehead atoms. The first-order valence-corrected chi connectivity index (χ1v) is 8.79. The number of amides is 2. The van der Waals surface area contributed by atoms with E-state index in [0.29, 0.717) is 32.7 Å². The van der Waals surface area contributed by atoms with Crippen molar-refractivity contribution in [2.75, 3.05) is 17.7 Å². The van der Waals surface area contributed by atoms with E-state index in [-0.39, 0.29) is 5.91 Å². The Kier molecular flexibility index (Phi) is 5.50. The molecule has 0 radical (unpaired) electrons. The fraction of sp³-hybridized carbons (Fsp3) is 0.0556. The van der Waals surface area contributed by atoms with Gasteiger partial charge in [-0.25, -0.2) is 4.98 Å². The second-order valence-corrected chi connectivity index (χ2v) is 6.47. The monoisotopic (exact) mass is 387 g/mol. The normalized spacial score (nSPS) is 10.2. The summed E-state index contributed by atoms with van der Waals surface area (Å²) in [5.74, 6) is -0.424. The molecule has 0 spiro atoms. The molecular weight excluding hydrogens is 374 g/mol. The Labute approximate surface area is 158 Å². The zero-order valence-electron chi connectivity index (χ0n) is 13.7. The lowest BCUT2D eigenvalue weighted by atomic mass is 10.1. The first-order chi connectivity index (χ1) is 12.6. The lowest BCUT2D eigenvalue weighted by molar-refractivity contribution is 0.102. The van der Waals surface area contributed by atoms with Crippen LogP contribution in [0.4, 0.5) is 10.8 Å². The van der Waals surface area contributed by atoms with Crippen LogP contribution in [0.1, 0.15) is 20.7 Å². The molecule has 6 nitrogen and oxygen atoms in total. The van der Waals surface area contributed by atoms with Gasteiger partial charge in [-0.3, -0.25) is 14.9 Å². The highest BCUT2D eigenvalue weighted by Gasteiger charge is 2.17. The van der Waals surface area contributed by atoms with Gasteiger partial charge in [-0.15, -0.1) is 11.3 Å². The van der Waals surface area contributed by atoms with Gasteiger partial charge in [-0.1, -0.05) is 23.7 Å². The Morgan fingerprint density at radius 1 is 1.08 bits per heavy atom. The van der Waals surface area contributed by atoms with Crippen LogP contribution in [0, 0.1) is 0 Å². The molecule has 0 unspecified atom stereocenters. The highest BCUT2D eigenvalue weighted by atomic mass is 35.5. The molecule has 3 rings (SSSR count). The molecule has 0 fully saturated rings. The third-order valence-corrected chi connectivity index (χ3v) is 4.40. The Bertz CT molecular complexity index is 945. The standard InChI is InChI=1S/C18H14ClN3O3S/c1-25-15-10-11(19)6-7-13(15)17(24)21-14-5-3-2-4-12(14)16(23)22-18-20-8-9-26-18/h2-10H,1H3,(H,21,24)(H,20,22,23). The second kappa shape index (κ2) is 7.99. The van der Waals surface area contributed by atoms with Crippen LogP contribution in [0.5, 0.6) is 5.75 Å². The molecule has 0 aliphatic rings. The van der Waals surface area contributed by atoms with Gasteiger partial charge in [-0.05, 0) is 30.3 Å². The number of thiazole rings is 1. The molecule has 1 aromatic heterocycles. The Balaban J connectivity index is 1.84. The summed E-state index contributed by atoms with van der Waals surface area (Å²) in [5, 5.41) is 8.14. The average molecular weight is 388 g/mol. The van der Waals surface area contributed by atoms with E-state index in [1.807, 2.05) is 0 Å². The van der Waals surface area contributed by atoms with E-state index >= 15 is 0 Å². The molecule has 3 aromatic rings. The third-order valence-electron chi connectivity index (χ3n) is 3.48. The fourth-order valence-corrected chi connectivity index (χ4v) is 2.97. The number of benzene rings is 2. The van der Waals surface area contributed by atoms with E-state index in [0.717, 1.165) is 0 Å². The number of hydrogen-bond donors (Lipinski definition) is 2. The van der Waals surface area contributed by atoms with Crippen molar-refractivity contribution in [1.82, 2.24) is 4.98 Å². The van der Waals surface area contributed by atoms with Crippen molar-refractivity contribution in [3.05, 3.63) is 70.2 Å². The van der Waals surface area contributed by atoms with Crippen LogP contribution in [0.2, 0.25) is 5.02 Å². The minimum Gasteiger partial charge on any atom is -0.496 e. The smallest absolute Gasteiger partial charge is 0.259 e. The maximum atomic E-state index is 12.6. The Morgan fingerprint density at radius 3 is 2.58 bits per heavy atom. The van der Waals surface area contributed by atoms with Crippen LogP contribution in [0.25, 0.3) is 0 Å². The number of hydrogen-bond acceptors (Lipinski definition) is 5. The third kappa shape index (κ3) is 4.01. The summed E-state index contributed by atoms with van der Waals surface area (Å²) in [6.45, 7) is 0. The summed E-state index contributed by atoms with van der Waals surface area (Å²) in [5.41, 5.74) is 1.01. The van der Waals surface area contributed by atoms with Crippen molar-refractivity contribution in [3.63, 3.8) is 0 Å². The predicted molar refractivity (Wildman–Crippen MR) is 102 cm³/mol. The molecule has 0 saturated carbocycles. The van der Waals surface area contributed by atoms with Crippen molar-refractivity contribution in [1.29, 1.82) is 0 Å². The molecule has 2 amide bonds.